The first kappa shape index (κ1) is 11.6. The number of hydrogen-bond acceptors (Lipinski definition) is 3. The van der Waals surface area contributed by atoms with Crippen molar-refractivity contribution >= 4 is 12.0 Å². The van der Waals surface area contributed by atoms with Gasteiger partial charge in [0.2, 0.25) is 6.08 Å². The minimum absolute atomic E-state index is 0.0909. The monoisotopic (exact) mass is 183 g/mol. The molecule has 0 aliphatic rings. The van der Waals surface area contributed by atoms with E-state index in [0.717, 1.165) is 6.08 Å². The number of allylic oxidation sites excluding steroid dienone is 1. The molecule has 2 unspecified atom stereocenters. The van der Waals surface area contributed by atoms with E-state index in [9.17, 15) is 9.59 Å². The van der Waals surface area contributed by atoms with Gasteiger partial charge in [-0.05, 0) is 11.8 Å². The Kier molecular flexibility index (Phi) is 5.48. The molecule has 0 aliphatic heterocycles. The number of carboxylic acid groups (broad SMARTS) is 1. The molecule has 0 aliphatic carbocycles. The van der Waals surface area contributed by atoms with Gasteiger partial charge in [0.25, 0.3) is 0 Å². The second-order valence-electron chi connectivity index (χ2n) is 2.97. The van der Waals surface area contributed by atoms with Crippen LogP contribution in [0.4, 0.5) is 0 Å². The number of aliphatic carboxylic acids is 1. The fraction of sp³-hybridized carbons (Fsp3) is 0.556. The van der Waals surface area contributed by atoms with E-state index in [-0.39, 0.29) is 11.8 Å². The summed E-state index contributed by atoms with van der Waals surface area (Å²) in [5.41, 5.74) is 0. The molecule has 0 saturated carbocycles. The smallest absolute Gasteiger partial charge is 0.327 e. The number of carbonyl (C=O) groups excluding carboxylic acids is 1. The number of carboxylic acids is 1. The summed E-state index contributed by atoms with van der Waals surface area (Å²) in [5.74, 6) is -0.719. The van der Waals surface area contributed by atoms with Crippen molar-refractivity contribution in [3.05, 3.63) is 12.2 Å². The number of nitrogens with zero attached hydrogens (tertiary/aromatic N) is 1. The van der Waals surface area contributed by atoms with Crippen molar-refractivity contribution in [2.45, 2.75) is 13.8 Å². The summed E-state index contributed by atoms with van der Waals surface area (Å²) in [5, 5.41) is 8.35. The lowest BCUT2D eigenvalue weighted by atomic mass is 9.96. The Morgan fingerprint density at radius 1 is 1.62 bits per heavy atom. The molecule has 0 amide bonds. The van der Waals surface area contributed by atoms with Crippen LogP contribution in [0, 0.1) is 11.8 Å². The lowest BCUT2D eigenvalue weighted by Crippen LogP contribution is -2.09. The van der Waals surface area contributed by atoms with Crippen LogP contribution in [-0.4, -0.2) is 23.7 Å². The Bertz CT molecular complexity index is 241. The molecule has 0 bridgehead atoms. The van der Waals surface area contributed by atoms with E-state index in [2.05, 4.69) is 4.99 Å². The lowest BCUT2D eigenvalue weighted by Gasteiger charge is -2.12. The molecule has 0 aromatic heterocycles. The summed E-state index contributed by atoms with van der Waals surface area (Å²) in [6, 6.07) is 0. The lowest BCUT2D eigenvalue weighted by molar-refractivity contribution is -0.131. The first-order valence-electron chi connectivity index (χ1n) is 4.02. The quantitative estimate of drug-likeness (QED) is 0.396. The minimum Gasteiger partial charge on any atom is -0.478 e. The van der Waals surface area contributed by atoms with Gasteiger partial charge in [-0.2, -0.15) is 0 Å². The maximum absolute atomic E-state index is 10.2. The largest absolute Gasteiger partial charge is 0.478 e. The summed E-state index contributed by atoms with van der Waals surface area (Å²) < 4.78 is 0. The predicted molar refractivity (Wildman–Crippen MR) is 48.1 cm³/mol. The standard InChI is InChI=1S/C9H13NO3/c1-7(3-4-9(12)13)8(2)5-10-6-11/h3-4,7-8H,5H2,1-2H3,(H,12,13). The summed E-state index contributed by atoms with van der Waals surface area (Å²) in [7, 11) is 0. The first-order valence-corrected chi connectivity index (χ1v) is 4.02. The van der Waals surface area contributed by atoms with Crippen LogP contribution >= 0.6 is 0 Å². The summed E-state index contributed by atoms with van der Waals surface area (Å²) in [4.78, 5) is 23.4. The molecule has 0 aromatic carbocycles. The highest BCUT2D eigenvalue weighted by molar-refractivity contribution is 5.79. The fourth-order valence-corrected chi connectivity index (χ4v) is 0.771. The zero-order valence-corrected chi connectivity index (χ0v) is 7.73. The molecule has 4 nitrogen and oxygen atoms in total. The van der Waals surface area contributed by atoms with Gasteiger partial charge in [-0.25, -0.2) is 14.6 Å². The van der Waals surface area contributed by atoms with E-state index in [1.165, 1.54) is 6.08 Å². The summed E-state index contributed by atoms with van der Waals surface area (Å²) in [6.45, 7) is 4.16. The molecular formula is C9H13NO3. The second-order valence-corrected chi connectivity index (χ2v) is 2.97. The highest BCUT2D eigenvalue weighted by Gasteiger charge is 2.08. The van der Waals surface area contributed by atoms with Gasteiger partial charge in [-0.15, -0.1) is 0 Å². The van der Waals surface area contributed by atoms with Gasteiger partial charge >= 0.3 is 5.97 Å². The van der Waals surface area contributed by atoms with Gasteiger partial charge in [-0.1, -0.05) is 19.9 Å². The minimum atomic E-state index is -0.960. The van der Waals surface area contributed by atoms with Crippen LogP contribution in [0.2, 0.25) is 0 Å². The van der Waals surface area contributed by atoms with Crippen LogP contribution in [-0.2, 0) is 9.59 Å². The van der Waals surface area contributed by atoms with Crippen molar-refractivity contribution in [1.29, 1.82) is 0 Å². The zero-order chi connectivity index (χ0) is 10.3. The fourth-order valence-electron chi connectivity index (χ4n) is 0.771. The van der Waals surface area contributed by atoms with Crippen molar-refractivity contribution in [3.63, 3.8) is 0 Å². The third-order valence-electron chi connectivity index (χ3n) is 1.88. The van der Waals surface area contributed by atoms with E-state index in [4.69, 9.17) is 5.11 Å². The average Bonchev–Trinajstić information content (AvgIpc) is 2.10. The molecule has 0 radical (unpaired) electrons. The number of carbonyl (C=O) groups is 1. The van der Waals surface area contributed by atoms with Crippen molar-refractivity contribution in [1.82, 2.24) is 0 Å². The number of isocyanates is 1. The molecule has 0 rings (SSSR count). The van der Waals surface area contributed by atoms with Gasteiger partial charge in [0.05, 0.1) is 6.54 Å². The van der Waals surface area contributed by atoms with Gasteiger partial charge in [0.15, 0.2) is 0 Å². The Morgan fingerprint density at radius 3 is 2.69 bits per heavy atom. The van der Waals surface area contributed by atoms with Crippen LogP contribution in [0.3, 0.4) is 0 Å². The number of aliphatic imine (C=N–C) groups is 1. The molecule has 4 heteroatoms. The Balaban J connectivity index is 4.01. The normalized spacial score (nSPS) is 14.9. The molecule has 0 heterocycles. The zero-order valence-electron chi connectivity index (χ0n) is 7.73. The molecule has 0 spiro atoms. The molecule has 13 heavy (non-hydrogen) atoms. The third-order valence-corrected chi connectivity index (χ3v) is 1.88. The van der Waals surface area contributed by atoms with Crippen molar-refractivity contribution in [2.24, 2.45) is 16.8 Å². The highest BCUT2D eigenvalue weighted by atomic mass is 16.4. The Hall–Kier alpha value is -1.41. The van der Waals surface area contributed by atoms with Gasteiger partial charge < -0.3 is 5.11 Å². The van der Waals surface area contributed by atoms with E-state index < -0.39 is 5.97 Å². The topological polar surface area (TPSA) is 66.7 Å². The Labute approximate surface area is 77.0 Å². The first-order chi connectivity index (χ1) is 6.07. The summed E-state index contributed by atoms with van der Waals surface area (Å²) >= 11 is 0. The molecule has 0 saturated heterocycles. The second kappa shape index (κ2) is 6.14. The van der Waals surface area contributed by atoms with E-state index in [1.54, 1.807) is 6.08 Å². The SMILES string of the molecule is CC(C=CC(=O)O)C(C)CN=C=O. The molecule has 72 valence electrons. The van der Waals surface area contributed by atoms with Crippen molar-refractivity contribution in [2.75, 3.05) is 6.54 Å². The molecule has 1 N–H and O–H groups in total. The number of hydrogen-bond donors (Lipinski definition) is 1. The molecule has 0 fully saturated rings. The number of rotatable bonds is 5. The van der Waals surface area contributed by atoms with Crippen LogP contribution in [0.15, 0.2) is 17.1 Å². The maximum atomic E-state index is 10.2. The molecule has 0 aromatic rings. The van der Waals surface area contributed by atoms with Crippen LogP contribution in [0.5, 0.6) is 0 Å². The van der Waals surface area contributed by atoms with Crippen LogP contribution in [0.25, 0.3) is 0 Å². The van der Waals surface area contributed by atoms with Crippen molar-refractivity contribution < 1.29 is 14.7 Å². The summed E-state index contributed by atoms with van der Waals surface area (Å²) in [6.07, 6.45) is 4.15. The molecule has 2 atom stereocenters. The van der Waals surface area contributed by atoms with Gasteiger partial charge in [-0.3, -0.25) is 0 Å². The van der Waals surface area contributed by atoms with E-state index in [1.807, 2.05) is 13.8 Å². The Morgan fingerprint density at radius 2 is 2.23 bits per heavy atom. The molecular weight excluding hydrogens is 170 g/mol. The highest BCUT2D eigenvalue weighted by Crippen LogP contribution is 2.12. The van der Waals surface area contributed by atoms with Crippen molar-refractivity contribution in [3.8, 4) is 0 Å². The average molecular weight is 183 g/mol. The third kappa shape index (κ3) is 5.82. The van der Waals surface area contributed by atoms with E-state index in [0.29, 0.717) is 6.54 Å². The van der Waals surface area contributed by atoms with Crippen LogP contribution < -0.4 is 0 Å². The van der Waals surface area contributed by atoms with Gasteiger partial charge in [0, 0.05) is 6.08 Å². The predicted octanol–water partition coefficient (Wildman–Crippen LogP) is 1.24. The van der Waals surface area contributed by atoms with E-state index >= 15 is 0 Å². The van der Waals surface area contributed by atoms with Gasteiger partial charge in [0.1, 0.15) is 0 Å². The van der Waals surface area contributed by atoms with Crippen LogP contribution in [0.1, 0.15) is 13.8 Å². The maximum Gasteiger partial charge on any atom is 0.327 e.